The molecule has 0 aromatic rings. The molecular weight excluding hydrogens is 804 g/mol. The fourth-order valence-electron chi connectivity index (χ4n) is 6.86. The van der Waals surface area contributed by atoms with Crippen LogP contribution in [-0.2, 0) is 18.4 Å². The minimum Gasteiger partial charge on any atom is -0.387 e. The van der Waals surface area contributed by atoms with Gasteiger partial charge in [0.15, 0.2) is 0 Å². The van der Waals surface area contributed by atoms with E-state index in [-0.39, 0.29) is 25.5 Å². The van der Waals surface area contributed by atoms with Crippen molar-refractivity contribution in [1.29, 1.82) is 0 Å². The predicted octanol–water partition coefficient (Wildman–Crippen LogP) is 14.9. The summed E-state index contributed by atoms with van der Waals surface area (Å²) in [7, 11) is 1.51. The Bertz CT molecular complexity index is 1300. The van der Waals surface area contributed by atoms with Crippen molar-refractivity contribution in [3.8, 4) is 0 Å². The number of carbonyl (C=O) groups is 1. The van der Waals surface area contributed by atoms with Crippen molar-refractivity contribution >= 4 is 13.7 Å². The smallest absolute Gasteiger partial charge is 0.387 e. The zero-order chi connectivity index (χ0) is 46.4. The molecule has 1 amide bonds. The van der Waals surface area contributed by atoms with Crippen molar-refractivity contribution in [2.45, 2.75) is 212 Å². The van der Waals surface area contributed by atoms with Crippen molar-refractivity contribution in [1.82, 2.24) is 5.32 Å². The van der Waals surface area contributed by atoms with Crippen LogP contribution >= 0.6 is 7.82 Å². The van der Waals surface area contributed by atoms with Crippen LogP contribution in [0.2, 0.25) is 0 Å². The fourth-order valence-corrected chi connectivity index (χ4v) is 7.59. The Morgan fingerprint density at radius 1 is 0.556 bits per heavy atom. The Morgan fingerprint density at radius 3 is 1.46 bits per heavy atom. The number of allylic oxidation sites excluding steroid dienone is 13. The van der Waals surface area contributed by atoms with Gasteiger partial charge in [-0.2, -0.15) is 0 Å². The van der Waals surface area contributed by atoms with Gasteiger partial charge in [0, 0.05) is 6.42 Å². The minimum atomic E-state index is -4.37. The zero-order valence-electron chi connectivity index (χ0n) is 41.3. The van der Waals surface area contributed by atoms with E-state index >= 15 is 0 Å². The van der Waals surface area contributed by atoms with Crippen molar-refractivity contribution in [2.24, 2.45) is 0 Å². The minimum absolute atomic E-state index is 0.0413. The lowest BCUT2D eigenvalue weighted by atomic mass is 10.0. The SMILES string of the molecule is CC/C=C\C/C=C\C/C=C\C/C=C\C/C=C\CCCC(=O)NC(COP(=O)(O)OCC[N+](C)(C)C)C(O)/C=C/CC/C=C/CCCCCCCCCCCCCCCCCCCC. The molecule has 3 N–H and O–H groups in total. The number of aliphatic hydroxyl groups excluding tert-OH is 1. The third-order valence-electron chi connectivity index (χ3n) is 10.8. The van der Waals surface area contributed by atoms with E-state index in [0.29, 0.717) is 17.4 Å². The van der Waals surface area contributed by atoms with E-state index in [1.165, 1.54) is 116 Å². The van der Waals surface area contributed by atoms with E-state index in [4.69, 9.17) is 9.05 Å². The molecule has 3 unspecified atom stereocenters. The van der Waals surface area contributed by atoms with Gasteiger partial charge in [-0.1, -0.05) is 208 Å². The maximum atomic E-state index is 12.9. The molecule has 8 nitrogen and oxygen atoms in total. The molecule has 0 aliphatic heterocycles. The van der Waals surface area contributed by atoms with Crippen LogP contribution in [0.25, 0.3) is 0 Å². The number of phosphoric acid groups is 1. The van der Waals surface area contributed by atoms with Crippen LogP contribution in [0.5, 0.6) is 0 Å². The number of likely N-dealkylation sites (N-methyl/N-ethyl adjacent to an activating group) is 1. The fraction of sp³-hybridized carbons (Fsp3) is 0.722. The molecule has 0 spiro atoms. The number of nitrogens with one attached hydrogen (secondary N) is 1. The van der Waals surface area contributed by atoms with Crippen molar-refractivity contribution in [3.05, 3.63) is 85.1 Å². The third kappa shape index (κ3) is 47.5. The monoisotopic (exact) mass is 902 g/mol. The number of carbonyl (C=O) groups excluding carboxylic acids is 1. The highest BCUT2D eigenvalue weighted by Gasteiger charge is 2.27. The molecule has 0 saturated heterocycles. The lowest BCUT2D eigenvalue weighted by Gasteiger charge is -2.25. The molecule has 0 aromatic heterocycles. The molecule has 0 aliphatic rings. The first-order valence-corrected chi connectivity index (χ1v) is 27.0. The van der Waals surface area contributed by atoms with E-state index in [2.05, 4.69) is 92.1 Å². The molecule has 0 saturated carbocycles. The Balaban J connectivity index is 4.43. The summed E-state index contributed by atoms with van der Waals surface area (Å²) < 4.78 is 23.6. The number of quaternary nitrogens is 1. The van der Waals surface area contributed by atoms with Gasteiger partial charge in [-0.25, -0.2) is 4.57 Å². The van der Waals surface area contributed by atoms with Gasteiger partial charge < -0.3 is 19.8 Å². The van der Waals surface area contributed by atoms with Crippen LogP contribution in [-0.4, -0.2) is 73.4 Å². The topological polar surface area (TPSA) is 105 Å². The molecule has 9 heteroatoms. The number of phosphoric ester groups is 1. The normalized spacial score (nSPS) is 14.8. The summed E-state index contributed by atoms with van der Waals surface area (Å²) in [5.41, 5.74) is 0. The van der Waals surface area contributed by atoms with Crippen LogP contribution in [0, 0.1) is 0 Å². The van der Waals surface area contributed by atoms with Gasteiger partial charge in [0.25, 0.3) is 0 Å². The second-order valence-corrected chi connectivity index (χ2v) is 19.6. The Kier molecular flexibility index (Phi) is 43.2. The second kappa shape index (κ2) is 44.9. The summed E-state index contributed by atoms with van der Waals surface area (Å²) in [6, 6.07) is -0.898. The van der Waals surface area contributed by atoms with Crippen LogP contribution in [0.3, 0.4) is 0 Å². The number of amides is 1. The van der Waals surface area contributed by atoms with Gasteiger partial charge >= 0.3 is 7.82 Å². The van der Waals surface area contributed by atoms with Gasteiger partial charge in [0.2, 0.25) is 5.91 Å². The van der Waals surface area contributed by atoms with Crippen molar-refractivity contribution in [2.75, 3.05) is 40.9 Å². The molecule has 3 atom stereocenters. The van der Waals surface area contributed by atoms with E-state index in [0.717, 1.165) is 57.8 Å². The summed E-state index contributed by atoms with van der Waals surface area (Å²) in [6.45, 7) is 4.63. The number of rotatable bonds is 45. The van der Waals surface area contributed by atoms with E-state index in [9.17, 15) is 19.4 Å². The maximum Gasteiger partial charge on any atom is 0.472 e. The van der Waals surface area contributed by atoms with Crippen molar-refractivity contribution < 1.29 is 32.9 Å². The standard InChI is InChI=1S/C54H97N2O6P/c1-6-8-10-12-14-16-18-20-22-24-25-26-27-28-29-30-32-33-35-37-39-41-43-45-47-53(57)52(51-62-63(59,60)61-50-49-56(3,4)5)55-54(58)48-46-44-42-40-38-36-34-31-23-21-19-17-15-13-11-9-7-2/h9,11,15,17,21,23,34,36-37,39-40,42,45,47,52-53,57H,6-8,10,12-14,16,18-20,22,24-33,35,38,41,43-44,46,48-51H2,1-5H3,(H-,55,58,59,60)/p+1/b11-9-,17-15-,23-21-,36-34-,39-37+,42-40-,47-45+. The van der Waals surface area contributed by atoms with Gasteiger partial charge in [-0.05, 0) is 70.6 Å². The lowest BCUT2D eigenvalue weighted by Crippen LogP contribution is -2.45. The summed E-state index contributed by atoms with van der Waals surface area (Å²) in [6.07, 6.45) is 62.6. The molecule has 0 fully saturated rings. The van der Waals surface area contributed by atoms with Crippen molar-refractivity contribution in [3.63, 3.8) is 0 Å². The molecule has 0 radical (unpaired) electrons. The van der Waals surface area contributed by atoms with E-state index in [1.807, 2.05) is 27.2 Å². The average molecular weight is 902 g/mol. The largest absolute Gasteiger partial charge is 0.472 e. The first-order valence-electron chi connectivity index (χ1n) is 25.5. The zero-order valence-corrected chi connectivity index (χ0v) is 42.2. The molecule has 0 aromatic carbocycles. The molecule has 63 heavy (non-hydrogen) atoms. The Hall–Kier alpha value is -2.32. The quantitative estimate of drug-likeness (QED) is 0.0243. The highest BCUT2D eigenvalue weighted by molar-refractivity contribution is 7.47. The Labute approximate surface area is 388 Å². The highest BCUT2D eigenvalue weighted by atomic mass is 31.2. The molecular formula is C54H98N2O6P+. The molecule has 0 rings (SSSR count). The van der Waals surface area contributed by atoms with Crippen LogP contribution in [0.4, 0.5) is 0 Å². The summed E-state index contributed by atoms with van der Waals surface area (Å²) in [5, 5.41) is 13.8. The summed E-state index contributed by atoms with van der Waals surface area (Å²) >= 11 is 0. The second-order valence-electron chi connectivity index (χ2n) is 18.2. The van der Waals surface area contributed by atoms with E-state index < -0.39 is 20.0 Å². The van der Waals surface area contributed by atoms with Crippen LogP contribution < -0.4 is 5.32 Å². The van der Waals surface area contributed by atoms with Gasteiger partial charge in [-0.3, -0.25) is 13.8 Å². The molecule has 0 heterocycles. The number of hydrogen-bond donors (Lipinski definition) is 3. The van der Waals surface area contributed by atoms with Crippen LogP contribution in [0.1, 0.15) is 200 Å². The molecule has 0 aliphatic carbocycles. The number of nitrogens with zero attached hydrogens (tertiary/aromatic N) is 1. The maximum absolute atomic E-state index is 12.9. The number of unbranched alkanes of at least 4 members (excludes halogenated alkanes) is 20. The van der Waals surface area contributed by atoms with Crippen LogP contribution in [0.15, 0.2) is 85.1 Å². The Morgan fingerprint density at radius 2 is 0.968 bits per heavy atom. The molecule has 0 bridgehead atoms. The number of hydrogen-bond acceptors (Lipinski definition) is 5. The third-order valence-corrected chi connectivity index (χ3v) is 11.8. The van der Waals surface area contributed by atoms with E-state index in [1.54, 1.807) is 6.08 Å². The first kappa shape index (κ1) is 60.7. The average Bonchev–Trinajstić information content (AvgIpc) is 3.24. The summed E-state index contributed by atoms with van der Waals surface area (Å²) in [5.74, 6) is -0.246. The van der Waals surface area contributed by atoms with Gasteiger partial charge in [0.1, 0.15) is 13.2 Å². The van der Waals surface area contributed by atoms with Gasteiger partial charge in [0.05, 0.1) is 39.9 Å². The highest BCUT2D eigenvalue weighted by Crippen LogP contribution is 2.43. The first-order chi connectivity index (χ1) is 30.5. The predicted molar refractivity (Wildman–Crippen MR) is 272 cm³/mol. The lowest BCUT2D eigenvalue weighted by molar-refractivity contribution is -0.870. The summed E-state index contributed by atoms with van der Waals surface area (Å²) in [4.78, 5) is 23.2. The molecule has 364 valence electrons. The van der Waals surface area contributed by atoms with Gasteiger partial charge in [-0.15, -0.1) is 0 Å². The number of aliphatic hydroxyl groups is 1.